The molecule has 1 aromatic carbocycles. The molecule has 0 bridgehead atoms. The lowest BCUT2D eigenvalue weighted by atomic mass is 9.92. The summed E-state index contributed by atoms with van der Waals surface area (Å²) >= 11 is 5.85. The van der Waals surface area contributed by atoms with E-state index >= 15 is 0 Å². The third kappa shape index (κ3) is 4.52. The zero-order valence-corrected chi connectivity index (χ0v) is 15.3. The lowest BCUT2D eigenvalue weighted by Gasteiger charge is -2.28. The van der Waals surface area contributed by atoms with E-state index in [-0.39, 0.29) is 35.3 Å². The van der Waals surface area contributed by atoms with E-state index in [4.69, 9.17) is 11.6 Å². The van der Waals surface area contributed by atoms with Crippen molar-refractivity contribution in [3.8, 4) is 0 Å². The summed E-state index contributed by atoms with van der Waals surface area (Å²) in [5.74, 6) is -0.123. The molecular formula is C17H24Cl2FN3O. The van der Waals surface area contributed by atoms with Crippen molar-refractivity contribution in [3.63, 3.8) is 0 Å². The van der Waals surface area contributed by atoms with Gasteiger partial charge in [0.05, 0.1) is 5.02 Å². The first-order valence-corrected chi connectivity index (χ1v) is 8.64. The van der Waals surface area contributed by atoms with Crippen LogP contribution in [-0.2, 0) is 4.79 Å². The van der Waals surface area contributed by atoms with Crippen molar-refractivity contribution in [2.75, 3.05) is 24.5 Å². The minimum atomic E-state index is -0.403. The number of benzene rings is 1. The molecule has 0 aromatic heterocycles. The van der Waals surface area contributed by atoms with Crippen molar-refractivity contribution >= 4 is 35.6 Å². The first kappa shape index (κ1) is 19.3. The number of amides is 1. The van der Waals surface area contributed by atoms with E-state index in [2.05, 4.69) is 22.5 Å². The molecule has 24 heavy (non-hydrogen) atoms. The molecular weight excluding hydrogens is 352 g/mol. The van der Waals surface area contributed by atoms with Gasteiger partial charge < -0.3 is 15.5 Å². The summed E-state index contributed by atoms with van der Waals surface area (Å²) in [6.07, 6.45) is 2.71. The van der Waals surface area contributed by atoms with Crippen molar-refractivity contribution in [1.29, 1.82) is 0 Å². The Labute approximate surface area is 153 Å². The normalized spacial score (nSPS) is 26.8. The lowest BCUT2D eigenvalue weighted by Crippen LogP contribution is -2.46. The molecule has 0 saturated carbocycles. The van der Waals surface area contributed by atoms with E-state index < -0.39 is 5.82 Å². The zero-order chi connectivity index (χ0) is 16.4. The Kier molecular flexibility index (Phi) is 6.72. The molecule has 1 unspecified atom stereocenters. The van der Waals surface area contributed by atoms with Gasteiger partial charge in [0.2, 0.25) is 5.91 Å². The van der Waals surface area contributed by atoms with Gasteiger partial charge in [-0.2, -0.15) is 0 Å². The van der Waals surface area contributed by atoms with E-state index in [1.54, 1.807) is 12.1 Å². The van der Waals surface area contributed by atoms with Gasteiger partial charge in [-0.05, 0) is 50.9 Å². The summed E-state index contributed by atoms with van der Waals surface area (Å²) < 4.78 is 13.3. The standard InChI is InChI=1S/C17H23ClFN3O.ClH/c1-11-8-12(4-6-20-11)17(23)21-13-5-7-22(10-13)14-2-3-16(19)15(18)9-14;/h2-3,9,11-13,20H,4-8,10H2,1H3,(H,21,23);1H/t11-,12-,13?;/m0./s1. The lowest BCUT2D eigenvalue weighted by molar-refractivity contribution is -0.126. The van der Waals surface area contributed by atoms with Crippen LogP contribution >= 0.6 is 24.0 Å². The van der Waals surface area contributed by atoms with Crippen LogP contribution in [0.4, 0.5) is 10.1 Å². The monoisotopic (exact) mass is 375 g/mol. The number of nitrogens with one attached hydrogen (secondary N) is 2. The van der Waals surface area contributed by atoms with Gasteiger partial charge in [0, 0.05) is 36.8 Å². The average Bonchev–Trinajstić information content (AvgIpc) is 2.98. The van der Waals surface area contributed by atoms with Crippen molar-refractivity contribution in [2.45, 2.75) is 38.3 Å². The smallest absolute Gasteiger partial charge is 0.223 e. The molecule has 4 nitrogen and oxygen atoms in total. The molecule has 7 heteroatoms. The second-order valence-corrected chi connectivity index (χ2v) is 7.02. The molecule has 2 fully saturated rings. The van der Waals surface area contributed by atoms with Crippen molar-refractivity contribution in [2.24, 2.45) is 5.92 Å². The summed E-state index contributed by atoms with van der Waals surface area (Å²) in [5.41, 5.74) is 0.906. The first-order valence-electron chi connectivity index (χ1n) is 8.26. The molecule has 2 heterocycles. The van der Waals surface area contributed by atoms with Crippen LogP contribution in [0, 0.1) is 11.7 Å². The number of carbonyl (C=O) groups excluding carboxylic acids is 1. The van der Waals surface area contributed by atoms with Gasteiger partial charge >= 0.3 is 0 Å². The van der Waals surface area contributed by atoms with Gasteiger partial charge in [0.25, 0.3) is 0 Å². The second kappa shape index (κ2) is 8.37. The zero-order valence-electron chi connectivity index (χ0n) is 13.7. The summed E-state index contributed by atoms with van der Waals surface area (Å²) in [7, 11) is 0. The Morgan fingerprint density at radius 2 is 2.21 bits per heavy atom. The van der Waals surface area contributed by atoms with Gasteiger partial charge in [-0.25, -0.2) is 4.39 Å². The third-order valence-corrected chi connectivity index (χ3v) is 5.09. The molecule has 2 aliphatic heterocycles. The molecule has 134 valence electrons. The minimum absolute atomic E-state index is 0. The number of nitrogens with zero attached hydrogens (tertiary/aromatic N) is 1. The van der Waals surface area contributed by atoms with E-state index in [1.807, 2.05) is 0 Å². The predicted octanol–water partition coefficient (Wildman–Crippen LogP) is 2.98. The number of carbonyl (C=O) groups is 1. The van der Waals surface area contributed by atoms with Crippen LogP contribution in [-0.4, -0.2) is 37.6 Å². The highest BCUT2D eigenvalue weighted by Gasteiger charge is 2.29. The van der Waals surface area contributed by atoms with E-state index in [9.17, 15) is 9.18 Å². The van der Waals surface area contributed by atoms with Crippen molar-refractivity contribution in [3.05, 3.63) is 29.0 Å². The molecule has 0 aliphatic carbocycles. The van der Waals surface area contributed by atoms with Gasteiger partial charge in [-0.1, -0.05) is 11.6 Å². The molecule has 3 rings (SSSR count). The number of hydrogen-bond acceptors (Lipinski definition) is 3. The number of halogens is 3. The van der Waals surface area contributed by atoms with Crippen LogP contribution in [0.25, 0.3) is 0 Å². The van der Waals surface area contributed by atoms with Crippen molar-refractivity contribution in [1.82, 2.24) is 10.6 Å². The Morgan fingerprint density at radius 3 is 2.92 bits per heavy atom. The highest BCUT2D eigenvalue weighted by molar-refractivity contribution is 6.31. The Balaban J connectivity index is 0.00000208. The van der Waals surface area contributed by atoms with Crippen LogP contribution in [0.1, 0.15) is 26.2 Å². The Bertz CT molecular complexity index is 587. The van der Waals surface area contributed by atoms with Gasteiger partial charge in [0.15, 0.2) is 0 Å². The van der Waals surface area contributed by atoms with Crippen LogP contribution in [0.2, 0.25) is 5.02 Å². The number of anilines is 1. The Morgan fingerprint density at radius 1 is 1.42 bits per heavy atom. The number of hydrogen-bond donors (Lipinski definition) is 2. The molecule has 2 aliphatic rings. The van der Waals surface area contributed by atoms with E-state index in [0.29, 0.717) is 6.04 Å². The molecule has 1 aromatic rings. The van der Waals surface area contributed by atoms with E-state index in [1.165, 1.54) is 6.07 Å². The van der Waals surface area contributed by atoms with Gasteiger partial charge in [0.1, 0.15) is 5.82 Å². The summed E-state index contributed by atoms with van der Waals surface area (Å²) in [6, 6.07) is 5.33. The SMILES string of the molecule is C[C@H]1C[C@@H](C(=O)NC2CCN(c3ccc(F)c(Cl)c3)C2)CCN1.Cl. The van der Waals surface area contributed by atoms with Crippen LogP contribution in [0.15, 0.2) is 18.2 Å². The number of piperidine rings is 1. The maximum atomic E-state index is 13.3. The predicted molar refractivity (Wildman–Crippen MR) is 97.6 cm³/mol. The van der Waals surface area contributed by atoms with E-state index in [0.717, 1.165) is 44.6 Å². The number of rotatable bonds is 3. The summed E-state index contributed by atoms with van der Waals surface area (Å²) in [5, 5.41) is 6.68. The maximum Gasteiger partial charge on any atom is 0.223 e. The molecule has 0 radical (unpaired) electrons. The third-order valence-electron chi connectivity index (χ3n) is 4.80. The van der Waals surface area contributed by atoms with Crippen LogP contribution in [0.3, 0.4) is 0 Å². The fourth-order valence-electron chi connectivity index (χ4n) is 3.48. The fraction of sp³-hybridized carbons (Fsp3) is 0.588. The first-order chi connectivity index (χ1) is 11.0. The molecule has 3 atom stereocenters. The highest BCUT2D eigenvalue weighted by atomic mass is 35.5. The largest absolute Gasteiger partial charge is 0.369 e. The van der Waals surface area contributed by atoms with Crippen LogP contribution in [0.5, 0.6) is 0 Å². The Hall–Kier alpha value is -1.04. The summed E-state index contributed by atoms with van der Waals surface area (Å²) in [6.45, 7) is 4.61. The van der Waals surface area contributed by atoms with Crippen molar-refractivity contribution < 1.29 is 9.18 Å². The average molecular weight is 376 g/mol. The molecule has 0 spiro atoms. The van der Waals surface area contributed by atoms with Crippen LogP contribution < -0.4 is 15.5 Å². The molecule has 2 saturated heterocycles. The fourth-order valence-corrected chi connectivity index (χ4v) is 3.66. The van der Waals surface area contributed by atoms with Gasteiger partial charge in [-0.3, -0.25) is 4.79 Å². The highest BCUT2D eigenvalue weighted by Crippen LogP contribution is 2.26. The topological polar surface area (TPSA) is 44.4 Å². The second-order valence-electron chi connectivity index (χ2n) is 6.62. The van der Waals surface area contributed by atoms with Gasteiger partial charge in [-0.15, -0.1) is 12.4 Å². The molecule has 2 N–H and O–H groups in total. The minimum Gasteiger partial charge on any atom is -0.369 e. The maximum absolute atomic E-state index is 13.3. The quantitative estimate of drug-likeness (QED) is 0.853. The summed E-state index contributed by atoms with van der Waals surface area (Å²) in [4.78, 5) is 14.6. The molecule has 1 amide bonds.